The van der Waals surface area contributed by atoms with Gasteiger partial charge >= 0.3 is 0 Å². The van der Waals surface area contributed by atoms with E-state index < -0.39 is 0 Å². The monoisotopic (exact) mass is 489 g/mol. The molecule has 1 aromatic carbocycles. The highest BCUT2D eigenvalue weighted by atomic mass is 32.1. The minimum Gasteiger partial charge on any atom is -0.339 e. The van der Waals surface area contributed by atoms with Crippen LogP contribution in [0.3, 0.4) is 0 Å². The number of benzene rings is 1. The molecule has 0 fully saturated rings. The lowest BCUT2D eigenvalue weighted by molar-refractivity contribution is -0.119. The molecule has 0 radical (unpaired) electrons. The Bertz CT molecular complexity index is 717. The fourth-order valence-electron chi connectivity index (χ4n) is 4.07. The minimum absolute atomic E-state index is 0.0267. The van der Waals surface area contributed by atoms with Crippen LogP contribution in [0.2, 0.25) is 0 Å². The van der Waals surface area contributed by atoms with Gasteiger partial charge in [0, 0.05) is 30.8 Å². The number of carbonyl (C=O) groups is 2. The molecule has 0 heterocycles. The quantitative estimate of drug-likeness (QED) is 0.166. The van der Waals surface area contributed by atoms with Crippen LogP contribution in [0.15, 0.2) is 24.3 Å². The second kappa shape index (κ2) is 19.4. The number of hydrogen-bond acceptors (Lipinski definition) is 3. The van der Waals surface area contributed by atoms with Gasteiger partial charge in [0.2, 0.25) is 5.91 Å². The van der Waals surface area contributed by atoms with E-state index in [2.05, 4.69) is 31.4 Å². The van der Waals surface area contributed by atoms with E-state index in [0.717, 1.165) is 38.8 Å². The van der Waals surface area contributed by atoms with Crippen molar-refractivity contribution in [3.8, 4) is 0 Å². The number of nitrogens with one attached hydrogen (secondary N) is 2. The summed E-state index contributed by atoms with van der Waals surface area (Å²) in [6, 6.07) is 7.30. The molecule has 0 aliphatic rings. The Balaban J connectivity index is 2.27. The van der Waals surface area contributed by atoms with Crippen molar-refractivity contribution >= 4 is 34.8 Å². The molecule has 1 rings (SSSR count). The second-order valence-corrected chi connectivity index (χ2v) is 9.57. The molecule has 0 spiro atoms. The highest BCUT2D eigenvalue weighted by molar-refractivity contribution is 7.80. The summed E-state index contributed by atoms with van der Waals surface area (Å²) < 4.78 is 0. The highest BCUT2D eigenvalue weighted by Gasteiger charge is 2.15. The van der Waals surface area contributed by atoms with Crippen LogP contribution in [-0.4, -0.2) is 34.9 Å². The van der Waals surface area contributed by atoms with Crippen LogP contribution >= 0.6 is 12.2 Å². The van der Waals surface area contributed by atoms with Gasteiger partial charge in [-0.2, -0.15) is 0 Å². The Morgan fingerprint density at radius 1 is 0.794 bits per heavy atom. The number of hydrogen-bond donors (Lipinski definition) is 2. The Morgan fingerprint density at radius 2 is 1.35 bits per heavy atom. The largest absolute Gasteiger partial charge is 0.339 e. The Hall–Kier alpha value is -1.95. The molecule has 0 unspecified atom stereocenters. The first-order valence-electron chi connectivity index (χ1n) is 13.5. The Kier molecular flexibility index (Phi) is 17.1. The zero-order valence-electron chi connectivity index (χ0n) is 21.8. The minimum atomic E-state index is -0.0577. The molecular formula is C28H47N3O2S. The van der Waals surface area contributed by atoms with Gasteiger partial charge in [-0.3, -0.25) is 9.59 Å². The van der Waals surface area contributed by atoms with Gasteiger partial charge < -0.3 is 15.5 Å². The molecule has 0 bridgehead atoms. The van der Waals surface area contributed by atoms with Crippen molar-refractivity contribution in [3.05, 3.63) is 29.8 Å². The summed E-state index contributed by atoms with van der Waals surface area (Å²) in [5.41, 5.74) is 1.33. The van der Waals surface area contributed by atoms with Gasteiger partial charge in [-0.05, 0) is 49.7 Å². The van der Waals surface area contributed by atoms with Gasteiger partial charge in [0.15, 0.2) is 5.11 Å². The molecule has 34 heavy (non-hydrogen) atoms. The standard InChI is InChI=1S/C28H47N3O2S/c1-4-7-8-9-10-11-12-13-14-15-16-20-26(32)30-28(34)29-25-19-17-18-24(23-25)27(33)31(21-5-2)22-6-3/h17-19,23H,4-16,20-22H2,1-3H3,(H2,29,30,32,34). The van der Waals surface area contributed by atoms with E-state index in [4.69, 9.17) is 12.2 Å². The third-order valence-electron chi connectivity index (χ3n) is 5.90. The van der Waals surface area contributed by atoms with Crippen LogP contribution in [0.4, 0.5) is 5.69 Å². The molecule has 0 aromatic heterocycles. The van der Waals surface area contributed by atoms with Crippen LogP contribution in [0.5, 0.6) is 0 Å². The van der Waals surface area contributed by atoms with Crippen molar-refractivity contribution < 1.29 is 9.59 Å². The second-order valence-electron chi connectivity index (χ2n) is 9.16. The molecular weight excluding hydrogens is 442 g/mol. The average molecular weight is 490 g/mol. The first kappa shape index (κ1) is 30.1. The fraction of sp³-hybridized carbons (Fsp3) is 0.679. The third kappa shape index (κ3) is 13.7. The third-order valence-corrected chi connectivity index (χ3v) is 6.11. The summed E-state index contributed by atoms with van der Waals surface area (Å²) in [6.07, 6.45) is 16.2. The van der Waals surface area contributed by atoms with E-state index in [1.165, 1.54) is 57.8 Å². The van der Waals surface area contributed by atoms with E-state index in [1.54, 1.807) is 6.07 Å². The van der Waals surface area contributed by atoms with Crippen molar-refractivity contribution in [2.75, 3.05) is 18.4 Å². The maximum absolute atomic E-state index is 12.8. The number of thiocarbonyl (C=S) groups is 1. The van der Waals surface area contributed by atoms with Crippen molar-refractivity contribution in [3.63, 3.8) is 0 Å². The number of rotatable bonds is 18. The van der Waals surface area contributed by atoms with Crippen molar-refractivity contribution in [1.82, 2.24) is 10.2 Å². The van der Waals surface area contributed by atoms with Gasteiger partial charge in [0.05, 0.1) is 0 Å². The summed E-state index contributed by atoms with van der Waals surface area (Å²) in [5.74, 6) is -0.0310. The fourth-order valence-corrected chi connectivity index (χ4v) is 4.30. The summed E-state index contributed by atoms with van der Waals surface area (Å²) in [5, 5.41) is 6.08. The zero-order valence-corrected chi connectivity index (χ0v) is 22.6. The van der Waals surface area contributed by atoms with E-state index >= 15 is 0 Å². The average Bonchev–Trinajstić information content (AvgIpc) is 2.82. The molecule has 2 N–H and O–H groups in total. The molecule has 0 atom stereocenters. The first-order valence-corrected chi connectivity index (χ1v) is 13.9. The van der Waals surface area contributed by atoms with Crippen molar-refractivity contribution in [2.24, 2.45) is 0 Å². The lowest BCUT2D eigenvalue weighted by Crippen LogP contribution is -2.34. The van der Waals surface area contributed by atoms with Crippen LogP contribution < -0.4 is 10.6 Å². The molecule has 0 aliphatic heterocycles. The Labute approximate surface area is 213 Å². The molecule has 0 aliphatic carbocycles. The lowest BCUT2D eigenvalue weighted by Gasteiger charge is -2.21. The molecule has 2 amide bonds. The number of amides is 2. The smallest absolute Gasteiger partial charge is 0.253 e. The molecule has 1 aromatic rings. The van der Waals surface area contributed by atoms with Crippen LogP contribution in [0.1, 0.15) is 121 Å². The van der Waals surface area contributed by atoms with E-state index in [9.17, 15) is 9.59 Å². The van der Waals surface area contributed by atoms with Gasteiger partial charge in [0.25, 0.3) is 5.91 Å². The topological polar surface area (TPSA) is 61.4 Å². The van der Waals surface area contributed by atoms with E-state index in [-0.39, 0.29) is 16.9 Å². The number of unbranched alkanes of at least 4 members (excludes halogenated alkanes) is 10. The maximum Gasteiger partial charge on any atom is 0.253 e. The SMILES string of the molecule is CCCCCCCCCCCCCC(=O)NC(=S)Nc1cccc(C(=O)N(CCC)CCC)c1. The predicted molar refractivity (Wildman–Crippen MR) is 148 cm³/mol. The van der Waals surface area contributed by atoms with Crippen LogP contribution in [0.25, 0.3) is 0 Å². The van der Waals surface area contributed by atoms with Gasteiger partial charge in [0.1, 0.15) is 0 Å². The summed E-state index contributed by atoms with van der Waals surface area (Å²) in [7, 11) is 0. The van der Waals surface area contributed by atoms with E-state index in [1.807, 2.05) is 23.1 Å². The molecule has 6 heteroatoms. The Morgan fingerprint density at radius 3 is 1.91 bits per heavy atom. The summed E-state index contributed by atoms with van der Waals surface area (Å²) in [4.78, 5) is 26.9. The molecule has 0 saturated carbocycles. The predicted octanol–water partition coefficient (Wildman–Crippen LogP) is 7.46. The number of carbonyl (C=O) groups excluding carboxylic acids is 2. The van der Waals surface area contributed by atoms with E-state index in [0.29, 0.717) is 17.7 Å². The molecule has 0 saturated heterocycles. The number of nitrogens with zero attached hydrogens (tertiary/aromatic N) is 1. The normalized spacial score (nSPS) is 10.7. The summed E-state index contributed by atoms with van der Waals surface area (Å²) >= 11 is 5.30. The van der Waals surface area contributed by atoms with Crippen molar-refractivity contribution in [2.45, 2.75) is 111 Å². The first-order chi connectivity index (χ1) is 16.5. The zero-order chi connectivity index (χ0) is 25.0. The lowest BCUT2D eigenvalue weighted by atomic mass is 10.1. The molecule has 192 valence electrons. The van der Waals surface area contributed by atoms with Gasteiger partial charge in [-0.1, -0.05) is 91.0 Å². The van der Waals surface area contributed by atoms with Crippen LogP contribution in [-0.2, 0) is 4.79 Å². The maximum atomic E-state index is 12.8. The van der Waals surface area contributed by atoms with Gasteiger partial charge in [-0.15, -0.1) is 0 Å². The number of anilines is 1. The highest BCUT2D eigenvalue weighted by Crippen LogP contribution is 2.14. The van der Waals surface area contributed by atoms with Gasteiger partial charge in [-0.25, -0.2) is 0 Å². The van der Waals surface area contributed by atoms with Crippen molar-refractivity contribution in [1.29, 1.82) is 0 Å². The van der Waals surface area contributed by atoms with Crippen LogP contribution in [0, 0.1) is 0 Å². The molecule has 5 nitrogen and oxygen atoms in total. The summed E-state index contributed by atoms with van der Waals surface area (Å²) in [6.45, 7) is 7.90.